The van der Waals surface area contributed by atoms with Crippen LogP contribution in [0.1, 0.15) is 41.6 Å². The second-order valence-electron chi connectivity index (χ2n) is 8.75. The number of hydrogen-bond donors (Lipinski definition) is 2. The second-order valence-corrected chi connectivity index (χ2v) is 8.75. The summed E-state index contributed by atoms with van der Waals surface area (Å²) in [6.07, 6.45) is 2.92. The molecule has 2 N–H and O–H groups in total. The van der Waals surface area contributed by atoms with Crippen LogP contribution in [0.4, 0.5) is 0 Å². The minimum absolute atomic E-state index is 0.0187. The standard InChI is InChI=1S/C26H32N2O6/c1-31-21-7-9-22(10-8-21)34-18-15-27-26(13-16-33-17-14-26)24(30)28-25(11-12-25)20-5-3-19(4-6-20)23(29)32-2/h3-10,27H,11-18H2,1-2H3,(H,28,30). The largest absolute Gasteiger partial charge is 0.497 e. The third kappa shape index (κ3) is 5.34. The molecule has 0 spiro atoms. The van der Waals surface area contributed by atoms with E-state index in [1.165, 1.54) is 7.11 Å². The zero-order chi connectivity index (χ0) is 24.0. The molecule has 2 aromatic carbocycles. The van der Waals surface area contributed by atoms with Gasteiger partial charge < -0.3 is 24.3 Å². The average Bonchev–Trinajstić information content (AvgIpc) is 3.67. The molecule has 8 heteroatoms. The van der Waals surface area contributed by atoms with E-state index in [-0.39, 0.29) is 11.9 Å². The second kappa shape index (κ2) is 10.4. The molecule has 8 nitrogen and oxygen atoms in total. The molecule has 2 aromatic rings. The van der Waals surface area contributed by atoms with Crippen LogP contribution in [0.2, 0.25) is 0 Å². The normalized spacial score (nSPS) is 17.9. The van der Waals surface area contributed by atoms with Crippen LogP contribution in [-0.4, -0.2) is 58.0 Å². The van der Waals surface area contributed by atoms with Gasteiger partial charge in [0.05, 0.1) is 25.3 Å². The first-order valence-electron chi connectivity index (χ1n) is 11.6. The summed E-state index contributed by atoms with van der Waals surface area (Å²) in [5, 5.41) is 6.76. The summed E-state index contributed by atoms with van der Waals surface area (Å²) in [7, 11) is 2.99. The molecular formula is C26H32N2O6. The number of hydrogen-bond acceptors (Lipinski definition) is 7. The number of carbonyl (C=O) groups excluding carboxylic acids is 2. The van der Waals surface area contributed by atoms with Gasteiger partial charge in [-0.05, 0) is 67.6 Å². The van der Waals surface area contributed by atoms with Gasteiger partial charge in [0.25, 0.3) is 0 Å². The number of ether oxygens (including phenoxy) is 4. The lowest BCUT2D eigenvalue weighted by Gasteiger charge is -2.38. The van der Waals surface area contributed by atoms with Crippen LogP contribution >= 0.6 is 0 Å². The van der Waals surface area contributed by atoms with Crippen LogP contribution in [0, 0.1) is 0 Å². The third-order valence-corrected chi connectivity index (χ3v) is 6.64. The minimum Gasteiger partial charge on any atom is -0.497 e. The van der Waals surface area contributed by atoms with Crippen molar-refractivity contribution in [3.63, 3.8) is 0 Å². The van der Waals surface area contributed by atoms with Gasteiger partial charge in [0, 0.05) is 19.8 Å². The van der Waals surface area contributed by atoms with E-state index in [9.17, 15) is 9.59 Å². The Bertz CT molecular complexity index is 979. The maximum atomic E-state index is 13.5. The number of benzene rings is 2. The fraction of sp³-hybridized carbons (Fsp3) is 0.462. The van der Waals surface area contributed by atoms with Crippen LogP contribution in [0.3, 0.4) is 0 Å². The van der Waals surface area contributed by atoms with Crippen LogP contribution < -0.4 is 20.1 Å². The van der Waals surface area contributed by atoms with Crippen LogP contribution in [-0.2, 0) is 19.8 Å². The Hall–Kier alpha value is -3.10. The zero-order valence-corrected chi connectivity index (χ0v) is 19.7. The summed E-state index contributed by atoms with van der Waals surface area (Å²) in [5.74, 6) is 1.13. The van der Waals surface area contributed by atoms with Crippen molar-refractivity contribution in [2.75, 3.05) is 40.6 Å². The summed E-state index contributed by atoms with van der Waals surface area (Å²) in [6.45, 7) is 2.02. The lowest BCUT2D eigenvalue weighted by atomic mass is 9.88. The molecule has 0 unspecified atom stereocenters. The van der Waals surface area contributed by atoms with Crippen molar-refractivity contribution in [1.82, 2.24) is 10.6 Å². The van der Waals surface area contributed by atoms with E-state index in [4.69, 9.17) is 18.9 Å². The monoisotopic (exact) mass is 468 g/mol. The number of methoxy groups -OCH3 is 2. The summed E-state index contributed by atoms with van der Waals surface area (Å²) in [6, 6.07) is 14.7. The summed E-state index contributed by atoms with van der Waals surface area (Å²) < 4.78 is 21.3. The van der Waals surface area contributed by atoms with Crippen molar-refractivity contribution < 1.29 is 28.5 Å². The van der Waals surface area contributed by atoms with Crippen LogP contribution in [0.15, 0.2) is 48.5 Å². The van der Waals surface area contributed by atoms with E-state index in [1.54, 1.807) is 19.2 Å². The van der Waals surface area contributed by atoms with Gasteiger partial charge in [-0.1, -0.05) is 12.1 Å². The number of carbonyl (C=O) groups is 2. The lowest BCUT2D eigenvalue weighted by molar-refractivity contribution is -0.133. The maximum Gasteiger partial charge on any atom is 0.337 e. The number of rotatable bonds is 10. The van der Waals surface area contributed by atoms with Crippen LogP contribution in [0.25, 0.3) is 0 Å². The van der Waals surface area contributed by atoms with Gasteiger partial charge in [-0.3, -0.25) is 10.1 Å². The molecule has 0 radical (unpaired) electrons. The molecular weight excluding hydrogens is 436 g/mol. The van der Waals surface area contributed by atoms with Gasteiger partial charge in [0.2, 0.25) is 5.91 Å². The molecule has 182 valence electrons. The Kier molecular flexibility index (Phi) is 7.38. The average molecular weight is 469 g/mol. The Morgan fingerprint density at radius 2 is 1.56 bits per heavy atom. The highest BCUT2D eigenvalue weighted by Gasteiger charge is 2.50. The number of nitrogens with one attached hydrogen (secondary N) is 2. The molecule has 1 amide bonds. The zero-order valence-electron chi connectivity index (χ0n) is 19.7. The molecule has 1 heterocycles. The highest BCUT2D eigenvalue weighted by atomic mass is 16.5. The van der Waals surface area contributed by atoms with Crippen LogP contribution in [0.5, 0.6) is 11.5 Å². The Morgan fingerprint density at radius 1 is 0.912 bits per heavy atom. The third-order valence-electron chi connectivity index (χ3n) is 6.64. The van der Waals surface area contributed by atoms with E-state index in [2.05, 4.69) is 10.6 Å². The van der Waals surface area contributed by atoms with Gasteiger partial charge in [-0.25, -0.2) is 4.79 Å². The first kappa shape index (κ1) is 24.0. The van der Waals surface area contributed by atoms with E-state index in [1.807, 2.05) is 36.4 Å². The molecule has 1 saturated heterocycles. The quantitative estimate of drug-likeness (QED) is 0.409. The highest BCUT2D eigenvalue weighted by molar-refractivity contribution is 5.89. The SMILES string of the molecule is COC(=O)c1ccc(C2(NC(=O)C3(NCCOc4ccc(OC)cc4)CCOCC3)CC2)cc1. The van der Waals surface area contributed by atoms with E-state index >= 15 is 0 Å². The summed E-state index contributed by atoms with van der Waals surface area (Å²) >= 11 is 0. The van der Waals surface area contributed by atoms with Gasteiger partial charge in [-0.15, -0.1) is 0 Å². The molecule has 2 fully saturated rings. The molecule has 0 bridgehead atoms. The number of amides is 1. The van der Waals surface area contributed by atoms with Crippen molar-refractivity contribution in [2.24, 2.45) is 0 Å². The molecule has 1 aliphatic heterocycles. The van der Waals surface area contributed by atoms with Gasteiger partial charge in [0.1, 0.15) is 23.6 Å². The Labute approximate surface area is 199 Å². The molecule has 4 rings (SSSR count). The van der Waals surface area contributed by atoms with Gasteiger partial charge >= 0.3 is 5.97 Å². The molecule has 0 aromatic heterocycles. The van der Waals surface area contributed by atoms with Crippen molar-refractivity contribution >= 4 is 11.9 Å². The van der Waals surface area contributed by atoms with E-state index < -0.39 is 11.1 Å². The van der Waals surface area contributed by atoms with Gasteiger partial charge in [-0.2, -0.15) is 0 Å². The minimum atomic E-state index is -0.705. The van der Waals surface area contributed by atoms with Gasteiger partial charge in [0.15, 0.2) is 0 Å². The fourth-order valence-electron chi connectivity index (χ4n) is 4.33. The molecule has 0 atom stereocenters. The molecule has 2 aliphatic rings. The van der Waals surface area contributed by atoms with Crippen molar-refractivity contribution in [1.29, 1.82) is 0 Å². The maximum absolute atomic E-state index is 13.5. The summed E-state index contributed by atoms with van der Waals surface area (Å²) in [5.41, 5.74) is 0.396. The fourth-order valence-corrected chi connectivity index (χ4v) is 4.33. The predicted octanol–water partition coefficient (Wildman–Crippen LogP) is 2.80. The topological polar surface area (TPSA) is 95.1 Å². The van der Waals surface area contributed by atoms with E-state index in [0.717, 1.165) is 29.9 Å². The first-order valence-corrected chi connectivity index (χ1v) is 11.6. The predicted molar refractivity (Wildman–Crippen MR) is 126 cm³/mol. The van der Waals surface area contributed by atoms with Crippen molar-refractivity contribution in [2.45, 2.75) is 36.8 Å². The Morgan fingerprint density at radius 3 is 2.15 bits per heavy atom. The number of esters is 1. The molecule has 1 aliphatic carbocycles. The van der Waals surface area contributed by atoms with Crippen molar-refractivity contribution in [3.8, 4) is 11.5 Å². The first-order chi connectivity index (χ1) is 16.5. The smallest absolute Gasteiger partial charge is 0.337 e. The molecule has 1 saturated carbocycles. The molecule has 34 heavy (non-hydrogen) atoms. The highest BCUT2D eigenvalue weighted by Crippen LogP contribution is 2.46. The lowest BCUT2D eigenvalue weighted by Crippen LogP contribution is -2.61. The Balaban J connectivity index is 1.37. The summed E-state index contributed by atoms with van der Waals surface area (Å²) in [4.78, 5) is 25.3. The van der Waals surface area contributed by atoms with Crippen molar-refractivity contribution in [3.05, 3.63) is 59.7 Å². The van der Waals surface area contributed by atoms with E-state index in [0.29, 0.717) is 44.8 Å².